The number of urea groups is 1. The zero-order valence-corrected chi connectivity index (χ0v) is 12.1. The molecule has 1 fully saturated rings. The van der Waals surface area contributed by atoms with E-state index in [1.165, 1.54) is 6.07 Å². The van der Waals surface area contributed by atoms with Gasteiger partial charge >= 0.3 is 12.0 Å². The van der Waals surface area contributed by atoms with Crippen molar-refractivity contribution < 1.29 is 19.1 Å². The van der Waals surface area contributed by atoms with Crippen molar-refractivity contribution in [2.75, 3.05) is 18.4 Å². The van der Waals surface area contributed by atoms with Gasteiger partial charge in [-0.25, -0.2) is 14.0 Å². The van der Waals surface area contributed by atoms with E-state index in [-0.39, 0.29) is 11.3 Å². The van der Waals surface area contributed by atoms with Gasteiger partial charge in [0.2, 0.25) is 0 Å². The Bertz CT molecular complexity index is 552. The molecule has 1 aromatic rings. The molecule has 1 saturated heterocycles. The Labute approximate surface area is 122 Å². The first-order valence-electron chi connectivity index (χ1n) is 6.95. The molecule has 21 heavy (non-hydrogen) atoms. The van der Waals surface area contributed by atoms with Gasteiger partial charge in [0, 0.05) is 13.1 Å². The summed E-state index contributed by atoms with van der Waals surface area (Å²) in [6.07, 6.45) is 1.06. The van der Waals surface area contributed by atoms with E-state index in [1.807, 2.05) is 0 Å². The van der Waals surface area contributed by atoms with E-state index in [9.17, 15) is 14.0 Å². The zero-order valence-electron chi connectivity index (χ0n) is 12.1. The minimum absolute atomic E-state index is 0.0629. The van der Waals surface area contributed by atoms with E-state index in [0.29, 0.717) is 24.9 Å². The summed E-state index contributed by atoms with van der Waals surface area (Å²) in [6.45, 7) is 5.38. The highest BCUT2D eigenvalue weighted by Crippen LogP contribution is 2.22. The van der Waals surface area contributed by atoms with Gasteiger partial charge in [0.15, 0.2) is 0 Å². The molecule has 1 aliphatic rings. The maximum absolute atomic E-state index is 13.7. The number of piperidine rings is 1. The number of likely N-dealkylation sites (tertiary alicyclic amines) is 1. The second-order valence-electron chi connectivity index (χ2n) is 5.78. The molecular formula is C15H19FN2O3. The number of nitrogens with zero attached hydrogens (tertiary/aromatic N) is 1. The third kappa shape index (κ3) is 3.71. The normalized spacial score (nSPS) is 22.0. The van der Waals surface area contributed by atoms with Crippen molar-refractivity contribution in [3.8, 4) is 0 Å². The number of halogens is 1. The van der Waals surface area contributed by atoms with Gasteiger partial charge in [-0.15, -0.1) is 0 Å². The number of carbonyl (C=O) groups is 2. The van der Waals surface area contributed by atoms with Crippen LogP contribution in [0.1, 0.15) is 30.6 Å². The van der Waals surface area contributed by atoms with Crippen molar-refractivity contribution in [3.05, 3.63) is 29.6 Å². The number of benzene rings is 1. The molecule has 6 heteroatoms. The molecule has 2 N–H and O–H groups in total. The lowest BCUT2D eigenvalue weighted by molar-refractivity contribution is 0.0697. The van der Waals surface area contributed by atoms with Crippen LogP contribution in [0.3, 0.4) is 0 Å². The average molecular weight is 294 g/mol. The number of rotatable bonds is 2. The van der Waals surface area contributed by atoms with Crippen LogP contribution in [0.2, 0.25) is 0 Å². The largest absolute Gasteiger partial charge is 0.478 e. The first-order valence-corrected chi connectivity index (χ1v) is 6.95. The van der Waals surface area contributed by atoms with E-state index in [4.69, 9.17) is 5.11 Å². The van der Waals surface area contributed by atoms with Crippen LogP contribution >= 0.6 is 0 Å². The van der Waals surface area contributed by atoms with Crippen molar-refractivity contribution in [1.82, 2.24) is 4.90 Å². The first kappa shape index (κ1) is 15.3. The summed E-state index contributed by atoms with van der Waals surface area (Å²) in [7, 11) is 0. The van der Waals surface area contributed by atoms with Crippen LogP contribution in [0.15, 0.2) is 18.2 Å². The van der Waals surface area contributed by atoms with Crippen LogP contribution in [0.5, 0.6) is 0 Å². The van der Waals surface area contributed by atoms with Crippen molar-refractivity contribution in [1.29, 1.82) is 0 Å². The zero-order chi connectivity index (χ0) is 15.6. The smallest absolute Gasteiger partial charge is 0.335 e. The van der Waals surface area contributed by atoms with Crippen molar-refractivity contribution in [3.63, 3.8) is 0 Å². The Morgan fingerprint density at radius 1 is 1.29 bits per heavy atom. The van der Waals surface area contributed by atoms with Gasteiger partial charge in [0.05, 0.1) is 11.3 Å². The maximum atomic E-state index is 13.7. The number of carboxylic acids is 1. The summed E-state index contributed by atoms with van der Waals surface area (Å²) < 4.78 is 13.7. The molecule has 2 atom stereocenters. The molecule has 114 valence electrons. The topological polar surface area (TPSA) is 69.6 Å². The summed E-state index contributed by atoms with van der Waals surface area (Å²) in [6, 6.07) is 2.94. The van der Waals surface area contributed by atoms with Gasteiger partial charge in [-0.2, -0.15) is 0 Å². The van der Waals surface area contributed by atoms with Gasteiger partial charge in [-0.3, -0.25) is 0 Å². The van der Waals surface area contributed by atoms with Crippen molar-refractivity contribution in [2.24, 2.45) is 11.8 Å². The molecule has 0 spiro atoms. The van der Waals surface area contributed by atoms with Crippen molar-refractivity contribution >= 4 is 17.7 Å². The number of hydrogen-bond acceptors (Lipinski definition) is 2. The second-order valence-corrected chi connectivity index (χ2v) is 5.78. The van der Waals surface area contributed by atoms with Crippen LogP contribution in [-0.2, 0) is 0 Å². The summed E-state index contributed by atoms with van der Waals surface area (Å²) in [5, 5.41) is 11.4. The minimum Gasteiger partial charge on any atom is -0.478 e. The van der Waals surface area contributed by atoms with E-state index in [0.717, 1.165) is 18.6 Å². The quantitative estimate of drug-likeness (QED) is 0.880. The highest BCUT2D eigenvalue weighted by atomic mass is 19.1. The SMILES string of the molecule is CC1CC(C)CN(C(=O)Nc2cc(C(=O)O)ccc2F)C1. The molecule has 1 aliphatic heterocycles. The molecule has 5 nitrogen and oxygen atoms in total. The number of anilines is 1. The third-order valence-electron chi connectivity index (χ3n) is 3.61. The first-order chi connectivity index (χ1) is 9.86. The summed E-state index contributed by atoms with van der Waals surface area (Å²) in [5.41, 5.74) is -0.169. The Balaban J connectivity index is 2.12. The van der Waals surface area contributed by atoms with Gasteiger partial charge in [-0.05, 0) is 36.5 Å². The summed E-state index contributed by atoms with van der Waals surface area (Å²) in [5.74, 6) is -1.01. The second kappa shape index (κ2) is 6.11. The van der Waals surface area contributed by atoms with Gasteiger partial charge < -0.3 is 15.3 Å². The lowest BCUT2D eigenvalue weighted by Crippen LogP contribution is -2.44. The fourth-order valence-corrected chi connectivity index (χ4v) is 2.78. The molecule has 2 amide bonds. The van der Waals surface area contributed by atoms with Crippen LogP contribution in [0, 0.1) is 17.7 Å². The number of aromatic carboxylic acids is 1. The van der Waals surface area contributed by atoms with Crippen LogP contribution in [0.4, 0.5) is 14.9 Å². The molecule has 0 saturated carbocycles. The predicted octanol–water partition coefficient (Wildman–Crippen LogP) is 3.03. The fraction of sp³-hybridized carbons (Fsp3) is 0.467. The molecule has 0 radical (unpaired) electrons. The number of carboxylic acid groups (broad SMARTS) is 1. The average Bonchev–Trinajstić information content (AvgIpc) is 2.39. The van der Waals surface area contributed by atoms with Crippen LogP contribution in [0.25, 0.3) is 0 Å². The maximum Gasteiger partial charge on any atom is 0.335 e. The molecule has 0 aliphatic carbocycles. The highest BCUT2D eigenvalue weighted by molar-refractivity contribution is 5.93. The highest BCUT2D eigenvalue weighted by Gasteiger charge is 2.26. The van der Waals surface area contributed by atoms with E-state index < -0.39 is 17.8 Å². The van der Waals surface area contributed by atoms with Gasteiger partial charge in [0.25, 0.3) is 0 Å². The third-order valence-corrected chi connectivity index (χ3v) is 3.61. The number of hydrogen-bond donors (Lipinski definition) is 2. The number of carbonyl (C=O) groups excluding carboxylic acids is 1. The summed E-state index contributed by atoms with van der Waals surface area (Å²) in [4.78, 5) is 24.7. The van der Waals surface area contributed by atoms with E-state index in [1.54, 1.807) is 4.90 Å². The minimum atomic E-state index is -1.16. The fourth-order valence-electron chi connectivity index (χ4n) is 2.78. The molecule has 2 rings (SSSR count). The van der Waals surface area contributed by atoms with Crippen LogP contribution in [-0.4, -0.2) is 35.1 Å². The monoisotopic (exact) mass is 294 g/mol. The molecule has 1 aromatic carbocycles. The lowest BCUT2D eigenvalue weighted by atomic mass is 9.92. The van der Waals surface area contributed by atoms with E-state index >= 15 is 0 Å². The molecule has 2 unspecified atom stereocenters. The Kier molecular flexibility index (Phi) is 4.45. The standard InChI is InChI=1S/C15H19FN2O3/c1-9-5-10(2)8-18(7-9)15(21)17-13-6-11(14(19)20)3-4-12(13)16/h3-4,6,9-10H,5,7-8H2,1-2H3,(H,17,21)(H,19,20). The lowest BCUT2D eigenvalue weighted by Gasteiger charge is -2.34. The van der Waals surface area contributed by atoms with Gasteiger partial charge in [-0.1, -0.05) is 13.8 Å². The number of amides is 2. The molecular weight excluding hydrogens is 275 g/mol. The predicted molar refractivity (Wildman–Crippen MR) is 76.9 cm³/mol. The van der Waals surface area contributed by atoms with Crippen molar-refractivity contribution in [2.45, 2.75) is 20.3 Å². The summed E-state index contributed by atoms with van der Waals surface area (Å²) >= 11 is 0. The number of nitrogens with one attached hydrogen (secondary N) is 1. The van der Waals surface area contributed by atoms with Gasteiger partial charge in [0.1, 0.15) is 5.82 Å². The van der Waals surface area contributed by atoms with E-state index in [2.05, 4.69) is 19.2 Å². The Morgan fingerprint density at radius 2 is 1.90 bits per heavy atom. The molecule has 1 heterocycles. The molecule has 0 aromatic heterocycles. The Hall–Kier alpha value is -2.11. The van der Waals surface area contributed by atoms with Crippen LogP contribution < -0.4 is 5.32 Å². The Morgan fingerprint density at radius 3 is 2.48 bits per heavy atom. The molecule has 0 bridgehead atoms.